The van der Waals surface area contributed by atoms with Crippen LogP contribution in [-0.2, 0) is 16.1 Å². The molecule has 0 saturated carbocycles. The molecule has 24 heavy (non-hydrogen) atoms. The summed E-state index contributed by atoms with van der Waals surface area (Å²) in [5.41, 5.74) is 0. The third-order valence-electron chi connectivity index (χ3n) is 3.70. The number of hydrogen-bond acceptors (Lipinski definition) is 6. The second-order valence-electron chi connectivity index (χ2n) is 5.47. The number of nitrogens with one attached hydrogen (secondary N) is 1. The topological polar surface area (TPSA) is 69.7 Å². The maximum Gasteiger partial charge on any atom is 0.261 e. The highest BCUT2D eigenvalue weighted by molar-refractivity contribution is 7.14. The molecule has 1 aliphatic heterocycles. The quantitative estimate of drug-likeness (QED) is 0.867. The summed E-state index contributed by atoms with van der Waals surface area (Å²) in [5.74, 6) is 0.439. The van der Waals surface area contributed by atoms with Gasteiger partial charge in [-0.15, -0.1) is 11.3 Å². The van der Waals surface area contributed by atoms with Crippen molar-refractivity contribution in [3.05, 3.63) is 46.3 Å². The molecule has 2 atom stereocenters. The van der Waals surface area contributed by atoms with Crippen molar-refractivity contribution in [1.82, 2.24) is 10.3 Å². The van der Waals surface area contributed by atoms with Gasteiger partial charge in [-0.3, -0.25) is 4.79 Å². The van der Waals surface area contributed by atoms with E-state index in [-0.39, 0.29) is 18.1 Å². The Bertz CT molecular complexity index is 662. The van der Waals surface area contributed by atoms with E-state index >= 15 is 0 Å². The number of ether oxygens (including phenoxy) is 3. The molecule has 1 fully saturated rings. The molecule has 1 aliphatic rings. The number of aromatic nitrogens is 1. The fraction of sp³-hybridized carbons (Fsp3) is 0.412. The van der Waals surface area contributed by atoms with Crippen LogP contribution in [-0.4, -0.2) is 43.4 Å². The minimum atomic E-state index is -0.254. The first-order valence-corrected chi connectivity index (χ1v) is 8.62. The molecule has 0 aliphatic carbocycles. The van der Waals surface area contributed by atoms with Gasteiger partial charge in [0.2, 0.25) is 5.88 Å². The molecule has 0 unspecified atom stereocenters. The van der Waals surface area contributed by atoms with Gasteiger partial charge in [-0.2, -0.15) is 0 Å². The van der Waals surface area contributed by atoms with E-state index in [1.54, 1.807) is 19.4 Å². The zero-order valence-corrected chi connectivity index (χ0v) is 14.3. The lowest BCUT2D eigenvalue weighted by Gasteiger charge is -2.31. The van der Waals surface area contributed by atoms with Crippen molar-refractivity contribution in [3.8, 4) is 5.88 Å². The van der Waals surface area contributed by atoms with Gasteiger partial charge in [0.1, 0.15) is 6.10 Å². The Balaban J connectivity index is 1.63. The van der Waals surface area contributed by atoms with Crippen molar-refractivity contribution in [2.75, 3.05) is 20.3 Å². The molecule has 128 valence electrons. The van der Waals surface area contributed by atoms with Gasteiger partial charge in [0.25, 0.3) is 5.91 Å². The molecule has 3 heterocycles. The number of rotatable bonds is 6. The minimum Gasteiger partial charge on any atom is -0.470 e. The van der Waals surface area contributed by atoms with Crippen molar-refractivity contribution in [2.45, 2.75) is 25.2 Å². The summed E-state index contributed by atoms with van der Waals surface area (Å²) in [6.07, 6.45) is 2.13. The van der Waals surface area contributed by atoms with Gasteiger partial charge in [0.15, 0.2) is 0 Å². The standard InChI is InChI=1S/C17H20N2O4S/c1-21-10-12-5-6-15(24-12)17(20)19-13-7-9-22-11-14(13)23-16-4-2-3-8-18-16/h2-6,8,13-14H,7,9-11H2,1H3,(H,19,20)/t13-,14-/m1/s1. The summed E-state index contributed by atoms with van der Waals surface area (Å²) in [5, 5.41) is 3.06. The summed E-state index contributed by atoms with van der Waals surface area (Å²) in [4.78, 5) is 18.3. The van der Waals surface area contributed by atoms with Crippen molar-refractivity contribution in [2.24, 2.45) is 0 Å². The first kappa shape index (κ1) is 16.9. The summed E-state index contributed by atoms with van der Waals surface area (Å²) in [6, 6.07) is 9.11. The third-order valence-corrected chi connectivity index (χ3v) is 4.76. The molecule has 0 spiro atoms. The highest BCUT2D eigenvalue weighted by atomic mass is 32.1. The van der Waals surface area contributed by atoms with E-state index in [4.69, 9.17) is 14.2 Å². The molecule has 6 nitrogen and oxygen atoms in total. The monoisotopic (exact) mass is 348 g/mol. The highest BCUT2D eigenvalue weighted by Gasteiger charge is 2.29. The number of carbonyl (C=O) groups is 1. The van der Waals surface area contributed by atoms with Gasteiger partial charge in [-0.05, 0) is 24.6 Å². The number of pyridine rings is 1. The average molecular weight is 348 g/mol. The van der Waals surface area contributed by atoms with Gasteiger partial charge in [-0.25, -0.2) is 4.98 Å². The smallest absolute Gasteiger partial charge is 0.261 e. The molecule has 3 rings (SSSR count). The van der Waals surface area contributed by atoms with E-state index in [1.165, 1.54) is 11.3 Å². The van der Waals surface area contributed by atoms with Gasteiger partial charge < -0.3 is 19.5 Å². The van der Waals surface area contributed by atoms with Crippen molar-refractivity contribution < 1.29 is 19.0 Å². The Morgan fingerprint density at radius 3 is 3.12 bits per heavy atom. The maximum absolute atomic E-state index is 12.5. The lowest BCUT2D eigenvalue weighted by atomic mass is 10.1. The number of carbonyl (C=O) groups excluding carboxylic acids is 1. The average Bonchev–Trinajstić information content (AvgIpc) is 3.07. The first-order chi connectivity index (χ1) is 11.8. The molecule has 0 bridgehead atoms. The summed E-state index contributed by atoms with van der Waals surface area (Å²) < 4.78 is 16.5. The number of thiophene rings is 1. The van der Waals surface area contributed by atoms with Crippen LogP contribution in [0, 0.1) is 0 Å². The van der Waals surface area contributed by atoms with Gasteiger partial charge in [0, 0.05) is 30.9 Å². The fourth-order valence-corrected chi connectivity index (χ4v) is 3.41. The minimum absolute atomic E-state index is 0.0936. The van der Waals surface area contributed by atoms with E-state index in [0.717, 1.165) is 4.88 Å². The maximum atomic E-state index is 12.5. The molecular formula is C17H20N2O4S. The Morgan fingerprint density at radius 2 is 2.33 bits per heavy atom. The van der Waals surface area contributed by atoms with E-state index in [9.17, 15) is 4.79 Å². The van der Waals surface area contributed by atoms with E-state index in [0.29, 0.717) is 37.0 Å². The molecular weight excluding hydrogens is 328 g/mol. The van der Waals surface area contributed by atoms with Gasteiger partial charge >= 0.3 is 0 Å². The molecule has 0 radical (unpaired) electrons. The van der Waals surface area contributed by atoms with Crippen LogP contribution in [0.25, 0.3) is 0 Å². The van der Waals surface area contributed by atoms with E-state index in [1.807, 2.05) is 24.3 Å². The molecule has 0 aromatic carbocycles. The normalized spacial score (nSPS) is 20.5. The summed E-state index contributed by atoms with van der Waals surface area (Å²) >= 11 is 1.44. The summed E-state index contributed by atoms with van der Waals surface area (Å²) in [7, 11) is 1.64. The number of nitrogens with zero attached hydrogens (tertiary/aromatic N) is 1. The third kappa shape index (κ3) is 4.31. The number of amides is 1. The van der Waals surface area contributed by atoms with E-state index < -0.39 is 0 Å². The van der Waals surface area contributed by atoms with Crippen LogP contribution < -0.4 is 10.1 Å². The highest BCUT2D eigenvalue weighted by Crippen LogP contribution is 2.19. The fourth-order valence-electron chi connectivity index (χ4n) is 2.52. The van der Waals surface area contributed by atoms with Crippen LogP contribution in [0.3, 0.4) is 0 Å². The second-order valence-corrected chi connectivity index (χ2v) is 6.64. The van der Waals surface area contributed by atoms with Crippen LogP contribution >= 0.6 is 11.3 Å². The Morgan fingerprint density at radius 1 is 1.42 bits per heavy atom. The predicted molar refractivity (Wildman–Crippen MR) is 90.4 cm³/mol. The Hall–Kier alpha value is -1.96. The second kappa shape index (κ2) is 8.23. The largest absolute Gasteiger partial charge is 0.470 e. The van der Waals surface area contributed by atoms with Crippen molar-refractivity contribution >= 4 is 17.2 Å². The molecule has 2 aromatic rings. The Kier molecular flexibility index (Phi) is 5.79. The molecule has 1 N–H and O–H groups in total. The van der Waals surface area contributed by atoms with Crippen molar-refractivity contribution in [1.29, 1.82) is 0 Å². The molecule has 7 heteroatoms. The van der Waals surface area contributed by atoms with Gasteiger partial charge in [-0.1, -0.05) is 6.07 Å². The zero-order chi connectivity index (χ0) is 16.8. The van der Waals surface area contributed by atoms with Crippen LogP contribution in [0.5, 0.6) is 5.88 Å². The SMILES string of the molecule is COCc1ccc(C(=O)N[C@@H]2CCOC[C@H]2Oc2ccccn2)s1. The molecule has 1 saturated heterocycles. The Labute approximate surface area is 144 Å². The predicted octanol–water partition coefficient (Wildman–Crippen LogP) is 2.26. The van der Waals surface area contributed by atoms with Crippen LogP contribution in [0.2, 0.25) is 0 Å². The zero-order valence-electron chi connectivity index (χ0n) is 13.4. The molecule has 1 amide bonds. The lowest BCUT2D eigenvalue weighted by molar-refractivity contribution is -0.0152. The summed E-state index contributed by atoms with van der Waals surface area (Å²) in [6.45, 7) is 1.55. The van der Waals surface area contributed by atoms with Crippen LogP contribution in [0.1, 0.15) is 21.0 Å². The van der Waals surface area contributed by atoms with Crippen LogP contribution in [0.4, 0.5) is 0 Å². The van der Waals surface area contributed by atoms with Crippen LogP contribution in [0.15, 0.2) is 36.5 Å². The van der Waals surface area contributed by atoms with E-state index in [2.05, 4.69) is 10.3 Å². The van der Waals surface area contributed by atoms with Crippen molar-refractivity contribution in [3.63, 3.8) is 0 Å². The number of hydrogen-bond donors (Lipinski definition) is 1. The molecule has 2 aromatic heterocycles. The van der Waals surface area contributed by atoms with Gasteiger partial charge in [0.05, 0.1) is 24.1 Å². The lowest BCUT2D eigenvalue weighted by Crippen LogP contribution is -2.51. The number of methoxy groups -OCH3 is 1. The first-order valence-electron chi connectivity index (χ1n) is 7.80.